The summed E-state index contributed by atoms with van der Waals surface area (Å²) in [5.41, 5.74) is 3.09. The second-order valence-electron chi connectivity index (χ2n) is 5.19. The summed E-state index contributed by atoms with van der Waals surface area (Å²) in [7, 11) is 0. The predicted octanol–water partition coefficient (Wildman–Crippen LogP) is 4.27. The van der Waals surface area contributed by atoms with Crippen molar-refractivity contribution in [1.29, 1.82) is 0 Å². The molecule has 0 aliphatic carbocycles. The Morgan fingerprint density at radius 1 is 0.842 bits per heavy atom. The van der Waals surface area contributed by atoms with Gasteiger partial charge in [0.2, 0.25) is 0 Å². The van der Waals surface area contributed by atoms with E-state index in [1.165, 1.54) is 45.1 Å². The molecule has 0 aliphatic rings. The fraction of sp³-hybridized carbons (Fsp3) is 0.500. The molecule has 3 aromatic rings. The van der Waals surface area contributed by atoms with Crippen LogP contribution in [0.1, 0.15) is 45.4 Å². The summed E-state index contributed by atoms with van der Waals surface area (Å²) < 4.78 is 5.98. The molecule has 0 bridgehead atoms. The number of hydrogen-bond donors (Lipinski definition) is 0. The summed E-state index contributed by atoms with van der Waals surface area (Å²) in [5.74, 6) is 0. The molecule has 102 valence electrons. The number of rotatable bonds is 7. The van der Waals surface area contributed by atoms with Crippen molar-refractivity contribution in [3.63, 3.8) is 0 Å². The summed E-state index contributed by atoms with van der Waals surface area (Å²) in [4.78, 5) is 4.79. The average Bonchev–Trinajstić information content (AvgIpc) is 3.09. The quantitative estimate of drug-likeness (QED) is 0.423. The van der Waals surface area contributed by atoms with Gasteiger partial charge in [0.05, 0.1) is 0 Å². The Morgan fingerprint density at radius 2 is 1.42 bits per heavy atom. The van der Waals surface area contributed by atoms with Gasteiger partial charge in [0, 0.05) is 0 Å². The third-order valence-electron chi connectivity index (χ3n) is 3.81. The normalized spacial score (nSPS) is 11.8. The van der Waals surface area contributed by atoms with E-state index in [1.54, 1.807) is 19.6 Å². The van der Waals surface area contributed by atoms with E-state index in [-0.39, 0.29) is 0 Å². The molecule has 0 aliphatic heterocycles. The molecule has 19 heavy (non-hydrogen) atoms. The van der Waals surface area contributed by atoms with Gasteiger partial charge in [-0.3, -0.25) is 0 Å². The third kappa shape index (κ3) is 2.80. The van der Waals surface area contributed by atoms with Crippen molar-refractivity contribution in [2.75, 3.05) is 0 Å². The van der Waals surface area contributed by atoms with Gasteiger partial charge in [-0.25, -0.2) is 0 Å². The van der Waals surface area contributed by atoms with Crippen LogP contribution in [0.2, 0.25) is 0 Å². The van der Waals surface area contributed by atoms with Crippen LogP contribution in [0, 0.1) is 0 Å². The van der Waals surface area contributed by atoms with Gasteiger partial charge in [-0.1, -0.05) is 0 Å². The topological polar surface area (TPSA) is 4.93 Å². The molecule has 0 saturated heterocycles. The Hall–Kier alpha value is -0.201. The Balaban J connectivity index is 1.68. The SMILES string of the molecule is CCCCCCCCn1c2cc[se]c2c2[se]ccc21. The second kappa shape index (κ2) is 6.50. The Bertz CT molecular complexity index is 596. The molecule has 0 fully saturated rings. The molecule has 0 amide bonds. The molecule has 3 aromatic heterocycles. The van der Waals surface area contributed by atoms with Crippen LogP contribution in [-0.2, 0) is 6.54 Å². The molecule has 0 radical (unpaired) electrons. The zero-order valence-corrected chi connectivity index (χ0v) is 14.9. The number of aryl methyl sites for hydroxylation is 1. The van der Waals surface area contributed by atoms with Gasteiger partial charge in [-0.2, -0.15) is 0 Å². The van der Waals surface area contributed by atoms with E-state index in [0.29, 0.717) is 29.0 Å². The van der Waals surface area contributed by atoms with Crippen LogP contribution < -0.4 is 0 Å². The average molecular weight is 385 g/mol. The van der Waals surface area contributed by atoms with Crippen molar-refractivity contribution in [2.24, 2.45) is 0 Å². The number of unbranched alkanes of at least 4 members (excludes halogenated alkanes) is 5. The van der Waals surface area contributed by atoms with E-state index in [0.717, 1.165) is 0 Å². The Kier molecular flexibility index (Phi) is 4.71. The molecule has 0 N–H and O–H groups in total. The van der Waals surface area contributed by atoms with Crippen molar-refractivity contribution < 1.29 is 0 Å². The number of fused-ring (bicyclic) bond motifs is 3. The first-order valence-corrected chi connectivity index (χ1v) is 11.0. The van der Waals surface area contributed by atoms with Crippen LogP contribution >= 0.6 is 0 Å². The fourth-order valence-corrected chi connectivity index (χ4v) is 7.38. The first-order valence-electron chi connectivity index (χ1n) is 7.34. The zero-order valence-electron chi connectivity index (χ0n) is 11.5. The molecular formula is C16H21NSe2. The number of hydrogen-bond acceptors (Lipinski definition) is 0. The van der Waals surface area contributed by atoms with Crippen molar-refractivity contribution in [3.05, 3.63) is 22.0 Å². The molecule has 3 heteroatoms. The van der Waals surface area contributed by atoms with Gasteiger partial charge in [-0.05, 0) is 0 Å². The predicted molar refractivity (Wildman–Crippen MR) is 86.7 cm³/mol. The fourth-order valence-electron chi connectivity index (χ4n) is 2.79. The Morgan fingerprint density at radius 3 is 2.05 bits per heavy atom. The van der Waals surface area contributed by atoms with Crippen LogP contribution in [0.5, 0.6) is 0 Å². The van der Waals surface area contributed by atoms with Gasteiger partial charge < -0.3 is 0 Å². The molecule has 3 heterocycles. The van der Waals surface area contributed by atoms with Gasteiger partial charge in [0.15, 0.2) is 0 Å². The van der Waals surface area contributed by atoms with E-state index >= 15 is 0 Å². The molecule has 0 aromatic carbocycles. The molecule has 0 spiro atoms. The summed E-state index contributed by atoms with van der Waals surface area (Å²) in [6.45, 7) is 3.51. The van der Waals surface area contributed by atoms with Crippen LogP contribution in [0.25, 0.3) is 19.6 Å². The van der Waals surface area contributed by atoms with Crippen LogP contribution in [0.15, 0.2) is 22.0 Å². The van der Waals surface area contributed by atoms with Crippen molar-refractivity contribution in [2.45, 2.75) is 52.0 Å². The van der Waals surface area contributed by atoms with Crippen molar-refractivity contribution in [3.8, 4) is 0 Å². The molecule has 1 nitrogen and oxygen atoms in total. The second-order valence-corrected chi connectivity index (χ2v) is 9.03. The van der Waals surface area contributed by atoms with E-state index < -0.39 is 0 Å². The van der Waals surface area contributed by atoms with E-state index in [1.807, 2.05) is 0 Å². The van der Waals surface area contributed by atoms with E-state index in [2.05, 4.69) is 33.5 Å². The molecular weight excluding hydrogens is 364 g/mol. The van der Waals surface area contributed by atoms with Crippen LogP contribution in [0.4, 0.5) is 0 Å². The van der Waals surface area contributed by atoms with Gasteiger partial charge >= 0.3 is 127 Å². The Labute approximate surface area is 127 Å². The summed E-state index contributed by atoms with van der Waals surface area (Å²) in [6.07, 6.45) is 8.33. The van der Waals surface area contributed by atoms with Crippen molar-refractivity contribution in [1.82, 2.24) is 4.57 Å². The van der Waals surface area contributed by atoms with E-state index in [9.17, 15) is 0 Å². The molecule has 0 atom stereocenters. The third-order valence-corrected chi connectivity index (χ3v) is 8.33. The van der Waals surface area contributed by atoms with Gasteiger partial charge in [0.1, 0.15) is 0 Å². The molecule has 0 saturated carbocycles. The molecule has 0 unspecified atom stereocenters. The minimum atomic E-state index is 0.611. The monoisotopic (exact) mass is 387 g/mol. The maximum atomic E-state index is 2.60. The van der Waals surface area contributed by atoms with Crippen LogP contribution in [-0.4, -0.2) is 33.6 Å². The van der Waals surface area contributed by atoms with Gasteiger partial charge in [-0.15, -0.1) is 0 Å². The summed E-state index contributed by atoms with van der Waals surface area (Å²) in [5, 5.41) is 0. The summed E-state index contributed by atoms with van der Waals surface area (Å²) in [6, 6.07) is 4.74. The standard InChI is InChI=1S/C16H21NSe2/c1-2-3-4-5-6-7-10-17-13-8-11-18-15(13)16-14(17)9-12-19-16/h8-9,11-12H,2-7,10H2,1H3. The van der Waals surface area contributed by atoms with Crippen LogP contribution in [0.3, 0.4) is 0 Å². The number of nitrogens with zero attached hydrogens (tertiary/aromatic N) is 1. The first-order chi connectivity index (χ1) is 9.42. The van der Waals surface area contributed by atoms with E-state index in [4.69, 9.17) is 0 Å². The van der Waals surface area contributed by atoms with Gasteiger partial charge in [0.25, 0.3) is 0 Å². The first kappa shape index (κ1) is 13.8. The van der Waals surface area contributed by atoms with Crippen molar-refractivity contribution >= 4 is 48.6 Å². The minimum absolute atomic E-state index is 0.611. The summed E-state index contributed by atoms with van der Waals surface area (Å²) >= 11 is 1.22. The number of aromatic nitrogens is 1. The molecule has 3 rings (SSSR count). The maximum absolute atomic E-state index is 2.60. The zero-order chi connectivity index (χ0) is 13.1.